The van der Waals surface area contributed by atoms with Gasteiger partial charge in [0.15, 0.2) is 23.3 Å². The van der Waals surface area contributed by atoms with Crippen LogP contribution in [0.3, 0.4) is 0 Å². The molecule has 67 heavy (non-hydrogen) atoms. The number of hydrogen-bond donors (Lipinski definition) is 3. The summed E-state index contributed by atoms with van der Waals surface area (Å²) in [6, 6.07) is 25.5. The van der Waals surface area contributed by atoms with Crippen LogP contribution in [0.1, 0.15) is 95.5 Å². The maximum atomic E-state index is 14.1. The molecular formula is C46H41F10N5O5S. The second kappa shape index (κ2) is 20.6. The number of ether oxygens (including phenoxy) is 1. The number of carbonyl (C=O) groups excluding carboxylic acids is 4. The summed E-state index contributed by atoms with van der Waals surface area (Å²) in [7, 11) is 0. The lowest BCUT2D eigenvalue weighted by molar-refractivity contribution is -0.360. The second-order valence-corrected chi connectivity index (χ2v) is 16.9. The minimum absolute atomic E-state index is 0.0728. The van der Waals surface area contributed by atoms with E-state index in [1.54, 1.807) is 58.0 Å². The first-order valence-corrected chi connectivity index (χ1v) is 19.9. The van der Waals surface area contributed by atoms with Gasteiger partial charge in [-0.2, -0.15) is 22.0 Å². The molecule has 0 saturated carbocycles. The third-order valence-electron chi connectivity index (χ3n) is 9.01. The Hall–Kier alpha value is -7.03. The molecule has 0 spiro atoms. The number of hydrazine groups is 2. The molecule has 0 heterocycles. The Kier molecular flexibility index (Phi) is 16.2. The minimum atomic E-state index is -5.90. The van der Waals surface area contributed by atoms with Crippen LogP contribution < -0.4 is 20.9 Å². The Morgan fingerprint density at radius 2 is 0.940 bits per heavy atom. The van der Waals surface area contributed by atoms with Crippen molar-refractivity contribution >= 4 is 52.1 Å². The molecular weight excluding hydrogens is 925 g/mol. The van der Waals surface area contributed by atoms with Gasteiger partial charge in [-0.1, -0.05) is 42.5 Å². The summed E-state index contributed by atoms with van der Waals surface area (Å²) in [5.41, 5.74) is 3.17. The summed E-state index contributed by atoms with van der Waals surface area (Å²) in [6.45, 7) is 11.2. The Bertz CT molecular complexity index is 2610. The molecule has 356 valence electrons. The SMILES string of the molecule is CC(=S)c1cccc(C(=O)NN(C(=O)c2ccc(OC(F)(F)C(F)(F)F)cc2)C(C)(C)C)c1.CC(C)(C)N(NC(=O)c1c(F)c(F)c(F)c(F)c1F)C(=O)c1ccc(Nc2ccccc2)cc1. The first-order chi connectivity index (χ1) is 30.9. The number of anilines is 2. The number of para-hydroxylation sites is 1. The zero-order valence-electron chi connectivity index (χ0n) is 36.4. The van der Waals surface area contributed by atoms with E-state index in [1.807, 2.05) is 35.8 Å². The third-order valence-corrected chi connectivity index (χ3v) is 9.25. The lowest BCUT2D eigenvalue weighted by Gasteiger charge is -2.35. The number of thiocarbonyl (C=S) groups is 1. The van der Waals surface area contributed by atoms with Gasteiger partial charge >= 0.3 is 12.3 Å². The highest BCUT2D eigenvalue weighted by molar-refractivity contribution is 7.80. The zero-order valence-corrected chi connectivity index (χ0v) is 37.3. The maximum Gasteiger partial charge on any atom is 0.499 e. The van der Waals surface area contributed by atoms with Crippen LogP contribution in [0.5, 0.6) is 5.75 Å². The molecule has 0 unspecified atom stereocenters. The van der Waals surface area contributed by atoms with E-state index in [1.165, 1.54) is 39.0 Å². The van der Waals surface area contributed by atoms with E-state index >= 15 is 0 Å². The van der Waals surface area contributed by atoms with E-state index in [9.17, 15) is 63.1 Å². The summed E-state index contributed by atoms with van der Waals surface area (Å²) in [5, 5.41) is 4.92. The fraction of sp³-hybridized carbons (Fsp3) is 0.239. The number of hydrogen-bond acceptors (Lipinski definition) is 7. The van der Waals surface area contributed by atoms with E-state index < -0.39 is 87.4 Å². The van der Waals surface area contributed by atoms with E-state index in [2.05, 4.69) is 15.5 Å². The number of nitrogens with zero attached hydrogens (tertiary/aromatic N) is 2. The van der Waals surface area contributed by atoms with Crippen molar-refractivity contribution in [2.75, 3.05) is 5.32 Å². The van der Waals surface area contributed by atoms with Crippen LogP contribution in [0.15, 0.2) is 103 Å². The number of rotatable bonds is 9. The molecule has 0 saturated heterocycles. The molecule has 0 aliphatic carbocycles. The standard InChI is InChI=1S/C24H20F5N3O2.C22H21F5N2O3S/c1-24(2,3)32(31-22(33)16-17(25)19(27)21(29)20(28)18(16)26)23(34)13-9-11-15(12-10-13)30-14-7-5-4-6-8-14;1-13(33)15-6-5-7-16(12-15)18(30)28-29(20(2,3)4)19(31)14-8-10-17(11-9-14)32-22(26,27)21(23,24)25/h4-12,30H,1-3H3,(H,31,33);5-12H,1-4H3,(H,28,30). The van der Waals surface area contributed by atoms with Crippen molar-refractivity contribution in [2.45, 2.75) is 71.8 Å². The highest BCUT2D eigenvalue weighted by Gasteiger charge is 2.61. The molecule has 5 rings (SSSR count). The minimum Gasteiger partial charge on any atom is -0.426 e. The van der Waals surface area contributed by atoms with Crippen molar-refractivity contribution in [3.63, 3.8) is 0 Å². The Morgan fingerprint density at radius 1 is 0.522 bits per heavy atom. The number of alkyl halides is 5. The lowest BCUT2D eigenvalue weighted by atomic mass is 10.1. The van der Waals surface area contributed by atoms with Crippen molar-refractivity contribution in [1.29, 1.82) is 0 Å². The maximum absolute atomic E-state index is 14.1. The number of halogens is 10. The first-order valence-electron chi connectivity index (χ1n) is 19.5. The van der Waals surface area contributed by atoms with E-state index in [4.69, 9.17) is 12.2 Å². The Morgan fingerprint density at radius 3 is 1.39 bits per heavy atom. The molecule has 10 nitrogen and oxygen atoms in total. The summed E-state index contributed by atoms with van der Waals surface area (Å²) in [4.78, 5) is 51.9. The van der Waals surface area contributed by atoms with Crippen LogP contribution >= 0.6 is 12.2 Å². The molecule has 0 bridgehead atoms. The molecule has 0 aromatic heterocycles. The van der Waals surface area contributed by atoms with E-state index in [0.29, 0.717) is 16.1 Å². The van der Waals surface area contributed by atoms with Crippen LogP contribution in [0.25, 0.3) is 0 Å². The van der Waals surface area contributed by atoms with Gasteiger partial charge in [-0.05, 0) is 127 Å². The molecule has 0 atom stereocenters. The van der Waals surface area contributed by atoms with Gasteiger partial charge in [-0.15, -0.1) is 0 Å². The number of nitrogens with one attached hydrogen (secondary N) is 3. The highest BCUT2D eigenvalue weighted by atomic mass is 32.1. The average molecular weight is 966 g/mol. The molecule has 21 heteroatoms. The molecule has 0 aliphatic rings. The van der Waals surface area contributed by atoms with Crippen LogP contribution in [-0.2, 0) is 0 Å². The quantitative estimate of drug-likeness (QED) is 0.0336. The molecule has 5 aromatic rings. The predicted molar refractivity (Wildman–Crippen MR) is 231 cm³/mol. The van der Waals surface area contributed by atoms with E-state index in [0.717, 1.165) is 40.0 Å². The normalized spacial score (nSPS) is 11.7. The van der Waals surface area contributed by atoms with Gasteiger partial charge in [-0.3, -0.25) is 30.0 Å². The van der Waals surface area contributed by atoms with Crippen LogP contribution in [0, 0.1) is 29.1 Å². The lowest BCUT2D eigenvalue weighted by Crippen LogP contribution is -2.56. The largest absolute Gasteiger partial charge is 0.499 e. The van der Waals surface area contributed by atoms with Crippen molar-refractivity contribution in [3.05, 3.63) is 160 Å². The highest BCUT2D eigenvalue weighted by Crippen LogP contribution is 2.37. The molecule has 3 N–H and O–H groups in total. The number of carbonyl (C=O) groups is 4. The van der Waals surface area contributed by atoms with E-state index in [-0.39, 0.29) is 16.7 Å². The van der Waals surface area contributed by atoms with Crippen molar-refractivity contribution in [2.24, 2.45) is 0 Å². The molecule has 0 fully saturated rings. The fourth-order valence-corrected chi connectivity index (χ4v) is 5.69. The van der Waals surface area contributed by atoms with Crippen LogP contribution in [0.2, 0.25) is 0 Å². The Balaban J connectivity index is 0.000000293. The first kappa shape index (κ1) is 52.6. The van der Waals surface area contributed by atoms with Crippen LogP contribution in [-0.4, -0.2) is 61.9 Å². The summed E-state index contributed by atoms with van der Waals surface area (Å²) >= 11 is 5.11. The number of amides is 4. The topological polar surface area (TPSA) is 120 Å². The van der Waals surface area contributed by atoms with Crippen molar-refractivity contribution in [1.82, 2.24) is 20.9 Å². The summed E-state index contributed by atoms with van der Waals surface area (Å²) in [5.74, 6) is -16.0. The Labute approximate surface area is 382 Å². The zero-order chi connectivity index (χ0) is 50.4. The molecule has 0 aliphatic heterocycles. The summed E-state index contributed by atoms with van der Waals surface area (Å²) < 4.78 is 135. The molecule has 4 amide bonds. The fourth-order valence-electron chi connectivity index (χ4n) is 5.57. The van der Waals surface area contributed by atoms with Gasteiger partial charge < -0.3 is 10.1 Å². The van der Waals surface area contributed by atoms with Crippen LogP contribution in [0.4, 0.5) is 55.3 Å². The van der Waals surface area contributed by atoms with Crippen molar-refractivity contribution < 1.29 is 67.8 Å². The van der Waals surface area contributed by atoms with Gasteiger partial charge in [0.2, 0.25) is 5.82 Å². The molecule has 5 aromatic carbocycles. The third kappa shape index (κ3) is 13.1. The van der Waals surface area contributed by atoms with Gasteiger partial charge in [0, 0.05) is 32.9 Å². The summed E-state index contributed by atoms with van der Waals surface area (Å²) in [6.07, 6.45) is -11.3. The smallest absolute Gasteiger partial charge is 0.426 e. The average Bonchev–Trinajstić information content (AvgIpc) is 3.25. The van der Waals surface area contributed by atoms with Gasteiger partial charge in [0.05, 0.1) is 11.1 Å². The van der Waals surface area contributed by atoms with Gasteiger partial charge in [-0.25, -0.2) is 32.0 Å². The number of benzene rings is 5. The van der Waals surface area contributed by atoms with Gasteiger partial charge in [0.1, 0.15) is 11.3 Å². The van der Waals surface area contributed by atoms with Crippen molar-refractivity contribution in [3.8, 4) is 5.75 Å². The monoisotopic (exact) mass is 965 g/mol. The second-order valence-electron chi connectivity index (χ2n) is 16.3. The van der Waals surface area contributed by atoms with Gasteiger partial charge in [0.25, 0.3) is 23.6 Å². The predicted octanol–water partition coefficient (Wildman–Crippen LogP) is 11.3. The molecule has 0 radical (unpaired) electrons.